The number of rotatable bonds is 18. The third-order valence-corrected chi connectivity index (χ3v) is 7.26. The van der Waals surface area contributed by atoms with E-state index < -0.39 is 22.9 Å². The van der Waals surface area contributed by atoms with E-state index in [9.17, 15) is 19.2 Å². The molecule has 3 aromatic carbocycles. The molecule has 0 saturated heterocycles. The summed E-state index contributed by atoms with van der Waals surface area (Å²) in [6, 6.07) is 15.2. The quantitative estimate of drug-likeness (QED) is 0.117. The summed E-state index contributed by atoms with van der Waals surface area (Å²) in [5.74, 6) is -0.739. The van der Waals surface area contributed by atoms with Crippen LogP contribution >= 0.6 is 0 Å². The van der Waals surface area contributed by atoms with Crippen LogP contribution in [-0.4, -0.2) is 38.1 Å². The predicted octanol–water partition coefficient (Wildman–Crippen LogP) is 5.70. The van der Waals surface area contributed by atoms with Gasteiger partial charge >= 0.3 is 5.97 Å². The van der Waals surface area contributed by atoms with Crippen LogP contribution in [0.4, 0.5) is 17.1 Å². The SMILES string of the molecule is CCCCCCN(CCCCCC)c1c(NC(Cc2ccc(NC(=O)c3ccccc3)cc2)C(=O)OC)c(=O)c1=O. The first-order valence-electron chi connectivity index (χ1n) is 14.8. The lowest BCUT2D eigenvalue weighted by atomic mass is 10.0. The molecule has 2 N–H and O–H groups in total. The number of benzene rings is 2. The molecule has 8 heteroatoms. The van der Waals surface area contributed by atoms with Gasteiger partial charge in [-0.25, -0.2) is 4.79 Å². The van der Waals surface area contributed by atoms with Gasteiger partial charge in [0, 0.05) is 30.8 Å². The van der Waals surface area contributed by atoms with E-state index in [4.69, 9.17) is 4.74 Å². The van der Waals surface area contributed by atoms with Gasteiger partial charge in [0.2, 0.25) is 0 Å². The van der Waals surface area contributed by atoms with E-state index >= 15 is 0 Å². The number of carbonyl (C=O) groups is 2. The van der Waals surface area contributed by atoms with Gasteiger partial charge in [-0.1, -0.05) is 82.7 Å². The summed E-state index contributed by atoms with van der Waals surface area (Å²) in [6.45, 7) is 5.71. The largest absolute Gasteiger partial charge is 0.467 e. The summed E-state index contributed by atoms with van der Waals surface area (Å²) in [6.07, 6.45) is 8.72. The van der Waals surface area contributed by atoms with Crippen molar-refractivity contribution < 1.29 is 14.3 Å². The molecule has 0 fully saturated rings. The molecule has 0 aromatic heterocycles. The zero-order valence-corrected chi connectivity index (χ0v) is 24.5. The molecule has 0 aliphatic rings. The Labute approximate surface area is 242 Å². The van der Waals surface area contributed by atoms with Crippen molar-refractivity contribution in [3.8, 4) is 0 Å². The summed E-state index contributed by atoms with van der Waals surface area (Å²) in [4.78, 5) is 52.7. The molecular formula is C33H43N3O5. The smallest absolute Gasteiger partial charge is 0.328 e. The number of nitrogens with one attached hydrogen (secondary N) is 2. The van der Waals surface area contributed by atoms with Gasteiger partial charge in [-0.2, -0.15) is 0 Å². The highest BCUT2D eigenvalue weighted by Gasteiger charge is 2.30. The zero-order chi connectivity index (χ0) is 29.6. The molecule has 3 rings (SSSR count). The van der Waals surface area contributed by atoms with Gasteiger partial charge in [0.15, 0.2) is 0 Å². The molecule has 0 aliphatic heterocycles. The maximum Gasteiger partial charge on any atom is 0.328 e. The minimum absolute atomic E-state index is 0.197. The lowest BCUT2D eigenvalue weighted by Gasteiger charge is -2.29. The number of carbonyl (C=O) groups excluding carboxylic acids is 2. The molecule has 41 heavy (non-hydrogen) atoms. The Kier molecular flexibility index (Phi) is 12.6. The Balaban J connectivity index is 1.73. The summed E-state index contributed by atoms with van der Waals surface area (Å²) in [5.41, 5.74) is 1.47. The summed E-state index contributed by atoms with van der Waals surface area (Å²) in [7, 11) is 1.30. The van der Waals surface area contributed by atoms with Crippen LogP contribution in [-0.2, 0) is 16.0 Å². The number of unbranched alkanes of at least 4 members (excludes halogenated alkanes) is 6. The maximum atomic E-state index is 12.8. The molecule has 0 bridgehead atoms. The second kappa shape index (κ2) is 16.4. The van der Waals surface area contributed by atoms with Crippen LogP contribution in [0.3, 0.4) is 0 Å². The van der Waals surface area contributed by atoms with E-state index in [-0.39, 0.29) is 18.0 Å². The molecule has 1 atom stereocenters. The molecule has 1 unspecified atom stereocenters. The van der Waals surface area contributed by atoms with E-state index in [2.05, 4.69) is 24.5 Å². The number of ether oxygens (including phenoxy) is 1. The van der Waals surface area contributed by atoms with Crippen molar-refractivity contribution in [3.05, 3.63) is 86.2 Å². The second-order valence-electron chi connectivity index (χ2n) is 10.4. The average molecular weight is 562 g/mol. The molecule has 1 amide bonds. The highest BCUT2D eigenvalue weighted by atomic mass is 16.5. The van der Waals surface area contributed by atoms with Gasteiger partial charge in [-0.3, -0.25) is 14.4 Å². The molecule has 3 aromatic rings. The van der Waals surface area contributed by atoms with Crippen molar-refractivity contribution in [1.82, 2.24) is 0 Å². The first kappa shape index (κ1) is 31.6. The van der Waals surface area contributed by atoms with Gasteiger partial charge in [-0.15, -0.1) is 0 Å². The number of anilines is 3. The fraction of sp³-hybridized carbons (Fsp3) is 0.455. The van der Waals surface area contributed by atoms with Gasteiger partial charge in [0.1, 0.15) is 17.4 Å². The molecule has 220 valence electrons. The first-order chi connectivity index (χ1) is 19.9. The van der Waals surface area contributed by atoms with Crippen molar-refractivity contribution in [2.24, 2.45) is 0 Å². The fourth-order valence-electron chi connectivity index (χ4n) is 4.87. The Bertz CT molecular complexity index is 1300. The van der Waals surface area contributed by atoms with E-state index in [0.717, 1.165) is 56.9 Å². The Morgan fingerprint density at radius 2 is 1.41 bits per heavy atom. The molecule has 8 nitrogen and oxygen atoms in total. The molecule has 0 spiro atoms. The van der Waals surface area contributed by atoms with Crippen molar-refractivity contribution in [2.45, 2.75) is 77.7 Å². The lowest BCUT2D eigenvalue weighted by molar-refractivity contribution is -0.141. The number of methoxy groups -OCH3 is 1. The van der Waals surface area contributed by atoms with E-state index in [1.807, 2.05) is 23.1 Å². The summed E-state index contributed by atoms with van der Waals surface area (Å²) >= 11 is 0. The van der Waals surface area contributed by atoms with Crippen LogP contribution in [0, 0.1) is 0 Å². The molecular weight excluding hydrogens is 518 g/mol. The fourth-order valence-corrected chi connectivity index (χ4v) is 4.87. The Morgan fingerprint density at radius 1 is 0.805 bits per heavy atom. The summed E-state index contributed by atoms with van der Waals surface area (Å²) in [5, 5.41) is 5.92. The topological polar surface area (TPSA) is 105 Å². The number of amides is 1. The van der Waals surface area contributed by atoms with Gasteiger partial charge in [0.25, 0.3) is 16.8 Å². The van der Waals surface area contributed by atoms with Crippen molar-refractivity contribution >= 4 is 28.9 Å². The monoisotopic (exact) mass is 561 g/mol. The number of nitrogens with zero attached hydrogens (tertiary/aromatic N) is 1. The van der Waals surface area contributed by atoms with E-state index in [1.54, 1.807) is 36.4 Å². The van der Waals surface area contributed by atoms with Crippen molar-refractivity contribution in [1.29, 1.82) is 0 Å². The predicted molar refractivity (Wildman–Crippen MR) is 166 cm³/mol. The van der Waals surface area contributed by atoms with Gasteiger partial charge < -0.3 is 20.3 Å². The minimum Gasteiger partial charge on any atom is -0.467 e. The minimum atomic E-state index is -0.853. The zero-order valence-electron chi connectivity index (χ0n) is 24.5. The van der Waals surface area contributed by atoms with E-state index in [0.29, 0.717) is 30.0 Å². The number of esters is 1. The van der Waals surface area contributed by atoms with Gasteiger partial charge in [-0.05, 0) is 42.7 Å². The normalized spacial score (nSPS) is 11.7. The standard InChI is InChI=1S/C33H43N3O5/c1-4-6-8-13-21-36(22-14-9-7-5-2)29-28(30(37)31(29)38)35-27(33(40)41-3)23-24-17-19-26(20-18-24)34-32(39)25-15-11-10-12-16-25/h10-12,15-20,27,35H,4-9,13-14,21-23H2,1-3H3,(H,34,39). The Morgan fingerprint density at radius 3 is 1.98 bits per heavy atom. The van der Waals surface area contributed by atoms with Crippen LogP contribution in [0.15, 0.2) is 64.2 Å². The van der Waals surface area contributed by atoms with Crippen LogP contribution in [0.5, 0.6) is 0 Å². The van der Waals surface area contributed by atoms with Crippen LogP contribution < -0.4 is 26.4 Å². The van der Waals surface area contributed by atoms with Gasteiger partial charge in [0.05, 0.1) is 7.11 Å². The second-order valence-corrected chi connectivity index (χ2v) is 10.4. The highest BCUT2D eigenvalue weighted by molar-refractivity contribution is 6.04. The number of hydrogen-bond acceptors (Lipinski definition) is 7. The average Bonchev–Trinajstić information content (AvgIpc) is 3.00. The first-order valence-corrected chi connectivity index (χ1v) is 14.8. The van der Waals surface area contributed by atoms with Crippen LogP contribution in [0.25, 0.3) is 0 Å². The van der Waals surface area contributed by atoms with Crippen molar-refractivity contribution in [3.63, 3.8) is 0 Å². The number of hydrogen-bond donors (Lipinski definition) is 2. The van der Waals surface area contributed by atoms with E-state index in [1.165, 1.54) is 7.11 Å². The van der Waals surface area contributed by atoms with Crippen LogP contribution in [0.2, 0.25) is 0 Å². The third kappa shape index (κ3) is 9.03. The molecule has 0 radical (unpaired) electrons. The summed E-state index contributed by atoms with van der Waals surface area (Å²) < 4.78 is 5.03. The third-order valence-electron chi connectivity index (χ3n) is 7.26. The molecule has 0 saturated carbocycles. The lowest BCUT2D eigenvalue weighted by Crippen LogP contribution is -2.46. The van der Waals surface area contributed by atoms with Crippen LogP contribution in [0.1, 0.15) is 81.1 Å². The maximum absolute atomic E-state index is 12.8. The van der Waals surface area contributed by atoms with Crippen molar-refractivity contribution in [2.75, 3.05) is 35.7 Å². The highest BCUT2D eigenvalue weighted by Crippen LogP contribution is 2.24. The Hall–Kier alpha value is -3.94. The molecule has 0 heterocycles. The molecule has 0 aliphatic carbocycles.